The average molecular weight is 228 g/mol. The van der Waals surface area contributed by atoms with Crippen molar-refractivity contribution in [1.29, 1.82) is 0 Å². The first-order valence-corrected chi connectivity index (χ1v) is 6.23. The van der Waals surface area contributed by atoms with E-state index in [0.717, 1.165) is 6.54 Å². The summed E-state index contributed by atoms with van der Waals surface area (Å²) < 4.78 is 0. The molecule has 1 aliphatic heterocycles. The van der Waals surface area contributed by atoms with Crippen LogP contribution in [0.5, 0.6) is 0 Å². The number of carboxylic acid groups (broad SMARTS) is 1. The van der Waals surface area contributed by atoms with E-state index < -0.39 is 12.0 Å². The van der Waals surface area contributed by atoms with E-state index in [0.29, 0.717) is 12.6 Å². The number of rotatable bonds is 5. The summed E-state index contributed by atoms with van der Waals surface area (Å²) in [4.78, 5) is 13.4. The number of aliphatic carboxylic acids is 1. The van der Waals surface area contributed by atoms with Crippen LogP contribution in [0.4, 0.5) is 0 Å². The molecule has 1 rings (SSSR count). The molecule has 0 bridgehead atoms. The van der Waals surface area contributed by atoms with Crippen LogP contribution in [0.15, 0.2) is 0 Å². The molecule has 2 N–H and O–H groups in total. The SMILES string of the molecule is CC(C)NC(CN1CCCCC1C)C(=O)O. The lowest BCUT2D eigenvalue weighted by atomic mass is 10.0. The Bertz CT molecular complexity index is 231. The second kappa shape index (κ2) is 6.21. The summed E-state index contributed by atoms with van der Waals surface area (Å²) >= 11 is 0. The standard InChI is InChI=1S/C12H24N2O2/c1-9(2)13-11(12(15)16)8-14-7-5-4-6-10(14)3/h9-11,13H,4-8H2,1-3H3,(H,15,16). The van der Waals surface area contributed by atoms with Crippen LogP contribution in [0.2, 0.25) is 0 Å². The zero-order valence-corrected chi connectivity index (χ0v) is 10.6. The van der Waals surface area contributed by atoms with Crippen molar-refractivity contribution in [2.24, 2.45) is 0 Å². The van der Waals surface area contributed by atoms with Gasteiger partial charge in [-0.2, -0.15) is 0 Å². The van der Waals surface area contributed by atoms with Crippen LogP contribution in [0, 0.1) is 0 Å². The molecule has 4 heteroatoms. The molecular formula is C12H24N2O2. The molecule has 0 aromatic carbocycles. The lowest BCUT2D eigenvalue weighted by Crippen LogP contribution is -2.51. The first-order valence-electron chi connectivity index (χ1n) is 6.23. The highest BCUT2D eigenvalue weighted by molar-refractivity contribution is 5.73. The molecule has 1 fully saturated rings. The quantitative estimate of drug-likeness (QED) is 0.745. The Balaban J connectivity index is 2.49. The zero-order valence-electron chi connectivity index (χ0n) is 10.6. The van der Waals surface area contributed by atoms with E-state index in [1.807, 2.05) is 13.8 Å². The first-order chi connectivity index (χ1) is 7.50. The van der Waals surface area contributed by atoms with E-state index in [2.05, 4.69) is 17.1 Å². The molecule has 16 heavy (non-hydrogen) atoms. The average Bonchev–Trinajstić information content (AvgIpc) is 2.19. The fourth-order valence-corrected chi connectivity index (χ4v) is 2.27. The fraction of sp³-hybridized carbons (Fsp3) is 0.917. The molecule has 0 radical (unpaired) electrons. The van der Waals surface area contributed by atoms with Gasteiger partial charge in [-0.1, -0.05) is 20.3 Å². The van der Waals surface area contributed by atoms with Gasteiger partial charge in [-0.3, -0.25) is 9.69 Å². The van der Waals surface area contributed by atoms with Crippen LogP contribution in [0.25, 0.3) is 0 Å². The molecule has 0 amide bonds. The normalized spacial score (nSPS) is 24.6. The molecule has 2 atom stereocenters. The molecule has 0 saturated carbocycles. The molecular weight excluding hydrogens is 204 g/mol. The summed E-state index contributed by atoms with van der Waals surface area (Å²) in [6.45, 7) is 7.80. The Labute approximate surface area is 98.0 Å². The first kappa shape index (κ1) is 13.5. The monoisotopic (exact) mass is 228 g/mol. The van der Waals surface area contributed by atoms with Crippen molar-refractivity contribution in [1.82, 2.24) is 10.2 Å². The molecule has 1 saturated heterocycles. The maximum absolute atomic E-state index is 11.1. The van der Waals surface area contributed by atoms with E-state index in [9.17, 15) is 4.79 Å². The number of carbonyl (C=O) groups is 1. The van der Waals surface area contributed by atoms with Crippen molar-refractivity contribution in [2.45, 2.75) is 58.2 Å². The Hall–Kier alpha value is -0.610. The van der Waals surface area contributed by atoms with E-state index in [-0.39, 0.29) is 6.04 Å². The highest BCUT2D eigenvalue weighted by Gasteiger charge is 2.25. The number of piperidine rings is 1. The molecule has 4 nitrogen and oxygen atoms in total. The predicted octanol–water partition coefficient (Wildman–Crippen LogP) is 1.31. The number of likely N-dealkylation sites (tertiary alicyclic amines) is 1. The van der Waals surface area contributed by atoms with Crippen molar-refractivity contribution >= 4 is 5.97 Å². The molecule has 0 spiro atoms. The predicted molar refractivity (Wildman–Crippen MR) is 64.6 cm³/mol. The van der Waals surface area contributed by atoms with Gasteiger partial charge in [0.15, 0.2) is 0 Å². The third-order valence-corrected chi connectivity index (χ3v) is 3.19. The van der Waals surface area contributed by atoms with Crippen LogP contribution in [0.1, 0.15) is 40.0 Å². The van der Waals surface area contributed by atoms with E-state index in [1.165, 1.54) is 19.3 Å². The summed E-state index contributed by atoms with van der Waals surface area (Å²) in [6.07, 6.45) is 3.65. The number of hydrogen-bond donors (Lipinski definition) is 2. The second-order valence-electron chi connectivity index (χ2n) is 5.05. The van der Waals surface area contributed by atoms with Gasteiger partial charge in [0.25, 0.3) is 0 Å². The summed E-state index contributed by atoms with van der Waals surface area (Å²) in [6, 6.07) is 0.284. The van der Waals surface area contributed by atoms with Crippen LogP contribution in [-0.2, 0) is 4.79 Å². The largest absolute Gasteiger partial charge is 0.480 e. The van der Waals surface area contributed by atoms with Crippen LogP contribution < -0.4 is 5.32 Å². The molecule has 1 aliphatic rings. The fourth-order valence-electron chi connectivity index (χ4n) is 2.27. The van der Waals surface area contributed by atoms with Gasteiger partial charge in [0.1, 0.15) is 6.04 Å². The molecule has 0 aromatic heterocycles. The number of nitrogens with one attached hydrogen (secondary N) is 1. The Morgan fingerprint density at radius 3 is 2.69 bits per heavy atom. The topological polar surface area (TPSA) is 52.6 Å². The van der Waals surface area contributed by atoms with Crippen LogP contribution in [-0.4, -0.2) is 47.2 Å². The van der Waals surface area contributed by atoms with Gasteiger partial charge < -0.3 is 10.4 Å². The minimum absolute atomic E-state index is 0.209. The van der Waals surface area contributed by atoms with Crippen molar-refractivity contribution in [3.8, 4) is 0 Å². The summed E-state index contributed by atoms with van der Waals surface area (Å²) in [7, 11) is 0. The zero-order chi connectivity index (χ0) is 12.1. The van der Waals surface area contributed by atoms with Crippen molar-refractivity contribution in [3.63, 3.8) is 0 Å². The van der Waals surface area contributed by atoms with Gasteiger partial charge in [-0.15, -0.1) is 0 Å². The summed E-state index contributed by atoms with van der Waals surface area (Å²) in [5, 5.41) is 12.3. The third-order valence-electron chi connectivity index (χ3n) is 3.19. The maximum Gasteiger partial charge on any atom is 0.322 e. The minimum Gasteiger partial charge on any atom is -0.480 e. The molecule has 0 aromatic rings. The summed E-state index contributed by atoms with van der Waals surface area (Å²) in [5.41, 5.74) is 0. The smallest absolute Gasteiger partial charge is 0.322 e. The molecule has 94 valence electrons. The maximum atomic E-state index is 11.1. The lowest BCUT2D eigenvalue weighted by molar-refractivity contribution is -0.140. The van der Waals surface area contributed by atoms with Crippen molar-refractivity contribution in [3.05, 3.63) is 0 Å². The van der Waals surface area contributed by atoms with Crippen LogP contribution >= 0.6 is 0 Å². The minimum atomic E-state index is -0.744. The summed E-state index contributed by atoms with van der Waals surface area (Å²) in [5.74, 6) is -0.744. The van der Waals surface area contributed by atoms with Gasteiger partial charge >= 0.3 is 5.97 Å². The van der Waals surface area contributed by atoms with Gasteiger partial charge in [0, 0.05) is 18.6 Å². The Morgan fingerprint density at radius 2 is 2.19 bits per heavy atom. The molecule has 1 heterocycles. The molecule has 0 aliphatic carbocycles. The Morgan fingerprint density at radius 1 is 1.50 bits per heavy atom. The van der Waals surface area contributed by atoms with Gasteiger partial charge in [0.2, 0.25) is 0 Å². The van der Waals surface area contributed by atoms with Crippen molar-refractivity contribution in [2.75, 3.05) is 13.1 Å². The number of carboxylic acids is 1. The van der Waals surface area contributed by atoms with Gasteiger partial charge in [-0.25, -0.2) is 0 Å². The van der Waals surface area contributed by atoms with Gasteiger partial charge in [0.05, 0.1) is 0 Å². The van der Waals surface area contributed by atoms with Gasteiger partial charge in [-0.05, 0) is 26.3 Å². The second-order valence-corrected chi connectivity index (χ2v) is 5.05. The highest BCUT2D eigenvalue weighted by Crippen LogP contribution is 2.16. The molecule has 2 unspecified atom stereocenters. The third kappa shape index (κ3) is 4.10. The lowest BCUT2D eigenvalue weighted by Gasteiger charge is -2.35. The highest BCUT2D eigenvalue weighted by atomic mass is 16.4. The Kier molecular flexibility index (Phi) is 5.22. The van der Waals surface area contributed by atoms with Crippen LogP contribution in [0.3, 0.4) is 0 Å². The van der Waals surface area contributed by atoms with E-state index >= 15 is 0 Å². The van der Waals surface area contributed by atoms with Crippen molar-refractivity contribution < 1.29 is 9.90 Å². The number of nitrogens with zero attached hydrogens (tertiary/aromatic N) is 1. The van der Waals surface area contributed by atoms with E-state index in [1.54, 1.807) is 0 Å². The van der Waals surface area contributed by atoms with E-state index in [4.69, 9.17) is 5.11 Å². The number of hydrogen-bond acceptors (Lipinski definition) is 3.